The molecule has 1 rings (SSSR count). The Bertz CT molecular complexity index is 351. The van der Waals surface area contributed by atoms with E-state index in [1.54, 1.807) is 43.1 Å². The third-order valence-electron chi connectivity index (χ3n) is 2.66. The summed E-state index contributed by atoms with van der Waals surface area (Å²) in [6.45, 7) is 7.25. The largest absolute Gasteiger partial charge is 0.693 e. The molecule has 0 atom stereocenters. The van der Waals surface area contributed by atoms with Crippen LogP contribution in [0.25, 0.3) is 12.3 Å². The Hall–Kier alpha value is -0.652. The van der Waals surface area contributed by atoms with Gasteiger partial charge in [-0.25, -0.2) is 0 Å². The number of hydrogen-bond donors (Lipinski definition) is 1. The van der Waals surface area contributed by atoms with Crippen LogP contribution in [0.2, 0.25) is 0 Å². The molecule has 0 saturated carbocycles. The molecule has 0 aliphatic heterocycles. The molecule has 0 spiro atoms. The van der Waals surface area contributed by atoms with Gasteiger partial charge in [0.25, 0.3) is 0 Å². The number of ether oxygens (including phenoxy) is 1. The van der Waals surface area contributed by atoms with Crippen LogP contribution in [0, 0.1) is 5.41 Å². The third-order valence-corrected chi connectivity index (χ3v) is 2.66. The van der Waals surface area contributed by atoms with E-state index < -0.39 is 0 Å². The van der Waals surface area contributed by atoms with Crippen LogP contribution >= 0.6 is 9.42 Å². The van der Waals surface area contributed by atoms with Crippen molar-refractivity contribution in [3.63, 3.8) is 0 Å². The molecule has 21 heavy (non-hydrogen) atoms. The number of nitrogens with one attached hydrogen (secondary N) is 1. The normalized spacial score (nSPS) is 12.1. The van der Waals surface area contributed by atoms with Crippen LogP contribution in [-0.4, -0.2) is 36.9 Å². The van der Waals surface area contributed by atoms with E-state index in [0.29, 0.717) is 17.9 Å². The summed E-state index contributed by atoms with van der Waals surface area (Å²) in [5.41, 5.74) is 0.894. The average Bonchev–Trinajstić information content (AvgIpc) is 2.46. The molecule has 0 saturated heterocycles. The third kappa shape index (κ3) is 10.7. The van der Waals surface area contributed by atoms with Gasteiger partial charge in [-0.05, 0) is 30.8 Å². The fourth-order valence-corrected chi connectivity index (χ4v) is 1.50. The van der Waals surface area contributed by atoms with Gasteiger partial charge in [-0.1, -0.05) is 26.0 Å². The molecule has 127 valence electrons. The van der Waals surface area contributed by atoms with Gasteiger partial charge in [-0.15, -0.1) is 0 Å². The predicted molar refractivity (Wildman–Crippen MR) is 83.2 cm³/mol. The molecule has 0 fully saturated rings. The molecule has 0 bridgehead atoms. The van der Waals surface area contributed by atoms with Crippen molar-refractivity contribution >= 4 is 15.1 Å². The number of nitrogens with zero attached hydrogens (tertiary/aromatic N) is 1. The van der Waals surface area contributed by atoms with Gasteiger partial charge in [-0.3, -0.25) is 0 Å². The molecule has 1 aliphatic rings. The van der Waals surface area contributed by atoms with Gasteiger partial charge in [0.2, 0.25) is 0 Å². The maximum atomic E-state index is 11.6. The van der Waals surface area contributed by atoms with Crippen LogP contribution in [0.15, 0.2) is 35.8 Å². The van der Waals surface area contributed by atoms with Crippen LogP contribution < -0.4 is 5.11 Å². The molecule has 0 aromatic rings. The Morgan fingerprint density at radius 2 is 1.67 bits per heavy atom. The number of halogens is 1. The zero-order valence-electron chi connectivity index (χ0n) is 12.3. The average molecular weight is 498 g/mol. The van der Waals surface area contributed by atoms with Crippen molar-refractivity contribution in [2.75, 3.05) is 26.2 Å². The second-order valence-corrected chi connectivity index (χ2v) is 3.74. The van der Waals surface area contributed by atoms with Gasteiger partial charge in [0.1, 0.15) is 0 Å². The van der Waals surface area contributed by atoms with Gasteiger partial charge in [0.05, 0.1) is 11.7 Å². The quantitative estimate of drug-likeness (QED) is 0.566. The van der Waals surface area contributed by atoms with E-state index in [1.807, 2.05) is 0 Å². The molecule has 8 heteroatoms. The minimum absolute atomic E-state index is 0. The molecule has 0 amide bonds. The van der Waals surface area contributed by atoms with Crippen molar-refractivity contribution in [3.05, 3.63) is 48.1 Å². The second kappa shape index (κ2) is 15.7. The number of rotatable bonds is 6. The molecule has 5 N–H and O–H groups in total. The summed E-state index contributed by atoms with van der Waals surface area (Å²) in [7, 11) is 4.61. The zero-order valence-corrected chi connectivity index (χ0v) is 15.3. The van der Waals surface area contributed by atoms with Crippen molar-refractivity contribution in [1.82, 2.24) is 4.90 Å². The molecule has 0 heterocycles. The number of allylic oxidation sites excluding steroid dienone is 5. The Kier molecular flexibility index (Phi) is 19.0. The second-order valence-electron chi connectivity index (χ2n) is 3.74. The predicted octanol–water partition coefficient (Wildman–Crippen LogP) is 3.18. The summed E-state index contributed by atoms with van der Waals surface area (Å²) >= 11 is 1.61. The molecule has 0 radical (unpaired) electrons. The SMILES string of the molecule is CCN(CC)CCOC([O-])=C1C=CC(=N)C=C1.[Cl][Pt].[NH2-].[NH2-]. The number of likely N-dealkylation sites (N-methyl/N-ethyl adjacent to an activating group) is 1. The van der Waals surface area contributed by atoms with E-state index in [1.165, 1.54) is 0 Å². The minimum Gasteiger partial charge on any atom is -0.693 e. The van der Waals surface area contributed by atoms with Crippen molar-refractivity contribution in [2.24, 2.45) is 0 Å². The molecule has 0 unspecified atom stereocenters. The maximum Gasteiger partial charge on any atom is -0.693 e. The van der Waals surface area contributed by atoms with Crippen LogP contribution in [0.5, 0.6) is 0 Å². The first-order valence-corrected chi connectivity index (χ1v) is 8.82. The van der Waals surface area contributed by atoms with Crippen molar-refractivity contribution in [2.45, 2.75) is 13.8 Å². The molecule has 0 aromatic heterocycles. The smallest absolute Gasteiger partial charge is 0.693 e. The van der Waals surface area contributed by atoms with Gasteiger partial charge in [-0.2, -0.15) is 0 Å². The maximum absolute atomic E-state index is 11.6. The number of nitrogens with two attached hydrogens (primary N) is 2. The first-order valence-electron chi connectivity index (χ1n) is 6.00. The molecule has 1 aliphatic carbocycles. The first kappa shape index (κ1) is 25.3. The Morgan fingerprint density at radius 3 is 2.10 bits per heavy atom. The van der Waals surface area contributed by atoms with Gasteiger partial charge in [0.15, 0.2) is 0 Å². The van der Waals surface area contributed by atoms with E-state index in [2.05, 4.69) is 28.2 Å². The topological polar surface area (TPSA) is 126 Å². The Morgan fingerprint density at radius 1 is 1.19 bits per heavy atom. The molecule has 6 nitrogen and oxygen atoms in total. The first-order chi connectivity index (χ1) is 9.17. The van der Waals surface area contributed by atoms with Gasteiger partial charge < -0.3 is 32.5 Å². The molecular formula is C13H23ClN4O2Pt-3. The summed E-state index contributed by atoms with van der Waals surface area (Å²) in [6.07, 6.45) is 6.39. The van der Waals surface area contributed by atoms with Gasteiger partial charge in [0, 0.05) is 13.2 Å². The van der Waals surface area contributed by atoms with Crippen LogP contribution in [0.3, 0.4) is 0 Å². The summed E-state index contributed by atoms with van der Waals surface area (Å²) < 4.78 is 5.16. The summed E-state index contributed by atoms with van der Waals surface area (Å²) in [5.74, 6) is -0.322. The monoisotopic (exact) mass is 497 g/mol. The van der Waals surface area contributed by atoms with E-state index in [-0.39, 0.29) is 18.2 Å². The van der Waals surface area contributed by atoms with Crippen molar-refractivity contribution in [3.8, 4) is 0 Å². The molecular weight excluding hydrogens is 475 g/mol. The summed E-state index contributed by atoms with van der Waals surface area (Å²) in [4.78, 5) is 2.19. The Balaban J connectivity index is -0.000000774. The van der Waals surface area contributed by atoms with Crippen molar-refractivity contribution in [1.29, 1.82) is 5.41 Å². The fraction of sp³-hybridized carbons (Fsp3) is 0.462. The van der Waals surface area contributed by atoms with E-state index in [0.717, 1.165) is 19.6 Å². The van der Waals surface area contributed by atoms with E-state index in [9.17, 15) is 5.11 Å². The number of hydrogen-bond acceptors (Lipinski definition) is 4. The zero-order chi connectivity index (χ0) is 14.7. The van der Waals surface area contributed by atoms with Crippen LogP contribution in [-0.2, 0) is 23.5 Å². The minimum atomic E-state index is -0.322. The van der Waals surface area contributed by atoms with Crippen LogP contribution in [0.1, 0.15) is 13.8 Å². The fourth-order valence-electron chi connectivity index (χ4n) is 1.50. The van der Waals surface area contributed by atoms with E-state index in [4.69, 9.17) is 10.1 Å². The Labute approximate surface area is 142 Å². The summed E-state index contributed by atoms with van der Waals surface area (Å²) in [5, 5.41) is 18.9. The standard InChI is InChI=1S/C13H20N2O2.ClH.2H2N.Pt/c1-3-15(4-2)9-10-17-13(16)11-5-7-12(14)8-6-11;;;;/h5-8,14,16H,3-4,9-10H2,1-2H3;1H;2*1H2;/q;;2*-1;+1/p-2. The van der Waals surface area contributed by atoms with E-state index >= 15 is 0 Å². The summed E-state index contributed by atoms with van der Waals surface area (Å²) in [6, 6.07) is 0. The van der Waals surface area contributed by atoms with Crippen LogP contribution in [0.4, 0.5) is 0 Å². The molecule has 0 aromatic carbocycles. The van der Waals surface area contributed by atoms with Crippen molar-refractivity contribution < 1.29 is 28.6 Å². The van der Waals surface area contributed by atoms with Gasteiger partial charge >= 0.3 is 28.2 Å².